The van der Waals surface area contributed by atoms with Gasteiger partial charge >= 0.3 is 5.69 Å². The molecule has 25 heavy (non-hydrogen) atoms. The van der Waals surface area contributed by atoms with E-state index in [-0.39, 0.29) is 24.5 Å². The Morgan fingerprint density at radius 3 is 2.88 bits per heavy atom. The second-order valence-electron chi connectivity index (χ2n) is 5.92. The predicted molar refractivity (Wildman–Crippen MR) is 94.9 cm³/mol. The van der Waals surface area contributed by atoms with Crippen molar-refractivity contribution >= 4 is 17.4 Å². The Morgan fingerprint density at radius 2 is 2.12 bits per heavy atom. The maximum atomic E-state index is 12.3. The fourth-order valence-corrected chi connectivity index (χ4v) is 4.13. The molecule has 0 bridgehead atoms. The Labute approximate surface area is 148 Å². The first-order chi connectivity index (χ1) is 12.1. The van der Waals surface area contributed by atoms with Crippen LogP contribution in [0.5, 0.6) is 0 Å². The Hall–Kier alpha value is -2.19. The number of rotatable bonds is 6. The van der Waals surface area contributed by atoms with Gasteiger partial charge in [0.2, 0.25) is 0 Å². The predicted octanol–water partition coefficient (Wildman–Crippen LogP) is 2.31. The van der Waals surface area contributed by atoms with Gasteiger partial charge in [-0.05, 0) is 31.2 Å². The Kier molecular flexibility index (Phi) is 5.50. The number of aromatic nitrogens is 2. The third-order valence-corrected chi connectivity index (χ3v) is 5.36. The van der Waals surface area contributed by atoms with Crippen LogP contribution in [0.4, 0.5) is 5.69 Å². The highest BCUT2D eigenvalue weighted by atomic mass is 32.2. The second kappa shape index (κ2) is 7.79. The zero-order valence-corrected chi connectivity index (χ0v) is 14.5. The van der Waals surface area contributed by atoms with Gasteiger partial charge in [0, 0.05) is 29.1 Å². The molecule has 7 nitrogen and oxygen atoms in total. The number of nitro benzene ring substituents is 1. The Morgan fingerprint density at radius 1 is 1.32 bits per heavy atom. The number of aliphatic hydroxyl groups is 1. The van der Waals surface area contributed by atoms with E-state index in [2.05, 4.69) is 4.98 Å². The van der Waals surface area contributed by atoms with Gasteiger partial charge in [-0.1, -0.05) is 12.1 Å². The van der Waals surface area contributed by atoms with E-state index in [0.717, 1.165) is 42.5 Å². The van der Waals surface area contributed by atoms with Crippen LogP contribution >= 0.6 is 11.8 Å². The number of hydrogen-bond acceptors (Lipinski definition) is 6. The number of aliphatic hydroxyl groups excluding tert-OH is 1. The monoisotopic (exact) mass is 361 g/mol. The molecule has 1 N–H and O–H groups in total. The largest absolute Gasteiger partial charge is 0.395 e. The van der Waals surface area contributed by atoms with Crippen molar-refractivity contribution in [1.29, 1.82) is 0 Å². The van der Waals surface area contributed by atoms with Gasteiger partial charge in [-0.3, -0.25) is 14.7 Å². The van der Waals surface area contributed by atoms with Crippen LogP contribution < -0.4 is 5.69 Å². The lowest BCUT2D eigenvalue weighted by Crippen LogP contribution is -2.31. The average molecular weight is 361 g/mol. The van der Waals surface area contributed by atoms with E-state index in [9.17, 15) is 20.0 Å². The second-order valence-corrected chi connectivity index (χ2v) is 6.89. The summed E-state index contributed by atoms with van der Waals surface area (Å²) < 4.78 is 1.58. The van der Waals surface area contributed by atoms with Crippen molar-refractivity contribution in [3.8, 4) is 0 Å². The van der Waals surface area contributed by atoms with E-state index in [4.69, 9.17) is 0 Å². The SMILES string of the molecule is O=c1nc(SCc2cccc([N+](=O)[O-])c2)c2c(n1CCO)CCCC2. The fraction of sp³-hybridized carbons (Fsp3) is 0.412. The molecule has 132 valence electrons. The molecule has 8 heteroatoms. The summed E-state index contributed by atoms with van der Waals surface area (Å²) in [5, 5.41) is 20.8. The van der Waals surface area contributed by atoms with E-state index in [0.29, 0.717) is 10.8 Å². The maximum Gasteiger partial charge on any atom is 0.348 e. The highest BCUT2D eigenvalue weighted by Crippen LogP contribution is 2.30. The van der Waals surface area contributed by atoms with Crippen LogP contribution in [-0.2, 0) is 25.1 Å². The normalized spacial score (nSPS) is 13.5. The molecule has 0 saturated carbocycles. The summed E-state index contributed by atoms with van der Waals surface area (Å²) in [6.07, 6.45) is 3.76. The summed E-state index contributed by atoms with van der Waals surface area (Å²) in [5.74, 6) is 0.518. The first-order valence-electron chi connectivity index (χ1n) is 8.19. The molecular weight excluding hydrogens is 342 g/mol. The molecule has 0 aliphatic heterocycles. The van der Waals surface area contributed by atoms with Crippen LogP contribution in [-0.4, -0.2) is 26.2 Å². The van der Waals surface area contributed by atoms with Gasteiger partial charge in [0.15, 0.2) is 0 Å². The van der Waals surface area contributed by atoms with Crippen molar-refractivity contribution in [3.63, 3.8) is 0 Å². The molecule has 1 heterocycles. The van der Waals surface area contributed by atoms with Gasteiger partial charge in [0.25, 0.3) is 5.69 Å². The summed E-state index contributed by atoms with van der Waals surface area (Å²) in [5.41, 5.74) is 2.60. The van der Waals surface area contributed by atoms with Gasteiger partial charge in [-0.15, -0.1) is 11.8 Å². The van der Waals surface area contributed by atoms with Gasteiger partial charge in [0.1, 0.15) is 5.03 Å². The number of nitro groups is 1. The molecule has 0 amide bonds. The molecular formula is C17H19N3O4S. The van der Waals surface area contributed by atoms with E-state index >= 15 is 0 Å². The molecule has 0 unspecified atom stereocenters. The smallest absolute Gasteiger partial charge is 0.348 e. The summed E-state index contributed by atoms with van der Waals surface area (Å²) in [4.78, 5) is 27.0. The number of hydrogen-bond donors (Lipinski definition) is 1. The Bertz CT molecular complexity index is 850. The molecule has 1 aliphatic carbocycles. The minimum absolute atomic E-state index is 0.0615. The molecule has 0 spiro atoms. The van der Waals surface area contributed by atoms with E-state index in [1.165, 1.54) is 17.8 Å². The summed E-state index contributed by atoms with van der Waals surface area (Å²) in [6.45, 7) is 0.179. The number of nitrogens with zero attached hydrogens (tertiary/aromatic N) is 3. The van der Waals surface area contributed by atoms with Crippen LogP contribution in [0, 0.1) is 10.1 Å². The van der Waals surface area contributed by atoms with Gasteiger partial charge < -0.3 is 5.11 Å². The molecule has 1 aliphatic rings. The quantitative estimate of drug-likeness (QED) is 0.367. The zero-order valence-electron chi connectivity index (χ0n) is 13.7. The summed E-state index contributed by atoms with van der Waals surface area (Å²) in [7, 11) is 0. The van der Waals surface area contributed by atoms with Crippen LogP contribution in [0.3, 0.4) is 0 Å². The van der Waals surface area contributed by atoms with Crippen molar-refractivity contribution in [2.24, 2.45) is 0 Å². The summed E-state index contributed by atoms with van der Waals surface area (Å²) in [6, 6.07) is 6.51. The van der Waals surface area contributed by atoms with Crippen LogP contribution in [0.25, 0.3) is 0 Å². The topological polar surface area (TPSA) is 98.3 Å². The minimum Gasteiger partial charge on any atom is -0.395 e. The lowest BCUT2D eigenvalue weighted by molar-refractivity contribution is -0.384. The molecule has 0 radical (unpaired) electrons. The van der Waals surface area contributed by atoms with Gasteiger partial charge in [-0.25, -0.2) is 4.79 Å². The molecule has 1 aromatic heterocycles. The third kappa shape index (κ3) is 3.91. The molecule has 1 aromatic carbocycles. The molecule has 3 rings (SSSR count). The molecule has 0 atom stereocenters. The van der Waals surface area contributed by atoms with E-state index in [1.54, 1.807) is 16.7 Å². The van der Waals surface area contributed by atoms with Crippen LogP contribution in [0.15, 0.2) is 34.1 Å². The Balaban J connectivity index is 1.88. The molecule has 2 aromatic rings. The summed E-state index contributed by atoms with van der Waals surface area (Å²) >= 11 is 1.44. The number of thioether (sulfide) groups is 1. The lowest BCUT2D eigenvalue weighted by Gasteiger charge is -2.22. The van der Waals surface area contributed by atoms with Crippen molar-refractivity contribution in [3.05, 3.63) is 61.7 Å². The highest BCUT2D eigenvalue weighted by molar-refractivity contribution is 7.98. The molecule has 0 saturated heterocycles. The minimum atomic E-state index is -0.412. The van der Waals surface area contributed by atoms with E-state index < -0.39 is 4.92 Å². The van der Waals surface area contributed by atoms with Crippen LogP contribution in [0.1, 0.15) is 29.7 Å². The average Bonchev–Trinajstić information content (AvgIpc) is 2.63. The highest BCUT2D eigenvalue weighted by Gasteiger charge is 2.20. The van der Waals surface area contributed by atoms with Gasteiger partial charge in [0.05, 0.1) is 18.1 Å². The lowest BCUT2D eigenvalue weighted by atomic mass is 9.97. The van der Waals surface area contributed by atoms with Crippen molar-refractivity contribution in [2.45, 2.75) is 43.0 Å². The van der Waals surface area contributed by atoms with Crippen LogP contribution in [0.2, 0.25) is 0 Å². The van der Waals surface area contributed by atoms with Crippen molar-refractivity contribution in [2.75, 3.05) is 6.61 Å². The van der Waals surface area contributed by atoms with E-state index in [1.807, 2.05) is 6.07 Å². The number of non-ortho nitro benzene ring substituents is 1. The first-order valence-corrected chi connectivity index (χ1v) is 9.18. The van der Waals surface area contributed by atoms with Crippen molar-refractivity contribution in [1.82, 2.24) is 9.55 Å². The van der Waals surface area contributed by atoms with Crippen molar-refractivity contribution < 1.29 is 10.0 Å². The standard InChI is InChI=1S/C17H19N3O4S/c21-9-8-19-15-7-2-1-6-14(15)16(18-17(19)22)25-11-12-4-3-5-13(10-12)20(23)24/h3-5,10,21H,1-2,6-9,11H2. The first kappa shape index (κ1) is 17.6. The zero-order chi connectivity index (χ0) is 17.8. The third-order valence-electron chi connectivity index (χ3n) is 4.27. The number of fused-ring (bicyclic) bond motifs is 1. The number of benzene rings is 1. The maximum absolute atomic E-state index is 12.3. The fourth-order valence-electron chi connectivity index (χ4n) is 3.11. The van der Waals surface area contributed by atoms with Gasteiger partial charge in [-0.2, -0.15) is 4.98 Å². The molecule has 0 fully saturated rings.